The maximum atomic E-state index is 11.8. The van der Waals surface area contributed by atoms with Crippen molar-refractivity contribution >= 4 is 18.0 Å². The molecule has 0 aliphatic carbocycles. The molecule has 1 unspecified atom stereocenters. The van der Waals surface area contributed by atoms with Crippen LogP contribution in [0.5, 0.6) is 0 Å². The first-order chi connectivity index (χ1) is 8.27. The summed E-state index contributed by atoms with van der Waals surface area (Å²) in [6, 6.07) is -0.478. The zero-order chi connectivity index (χ0) is 13.9. The van der Waals surface area contributed by atoms with Gasteiger partial charge in [-0.2, -0.15) is 0 Å². The van der Waals surface area contributed by atoms with Gasteiger partial charge in [-0.25, -0.2) is 9.59 Å². The number of hydrogen-bond acceptors (Lipinski definition) is 4. The molecule has 18 heavy (non-hydrogen) atoms. The quantitative estimate of drug-likeness (QED) is 0.697. The Hall–Kier alpha value is -1.79. The first-order valence-corrected chi connectivity index (χ1v) is 5.66. The van der Waals surface area contributed by atoms with Crippen molar-refractivity contribution in [2.24, 2.45) is 5.92 Å². The molecule has 1 fully saturated rings. The van der Waals surface area contributed by atoms with E-state index in [1.54, 1.807) is 0 Å². The van der Waals surface area contributed by atoms with E-state index >= 15 is 0 Å². The third kappa shape index (κ3) is 3.12. The minimum absolute atomic E-state index is 0.258. The molecule has 1 heterocycles. The monoisotopic (exact) mass is 258 g/mol. The van der Waals surface area contributed by atoms with E-state index in [4.69, 9.17) is 5.11 Å². The van der Waals surface area contributed by atoms with Crippen molar-refractivity contribution < 1.29 is 24.2 Å². The van der Waals surface area contributed by atoms with Gasteiger partial charge in [0.2, 0.25) is 0 Å². The average molecular weight is 258 g/mol. The maximum absolute atomic E-state index is 11.8. The first-order valence-electron chi connectivity index (χ1n) is 5.66. The highest BCUT2D eigenvalue weighted by Gasteiger charge is 2.35. The van der Waals surface area contributed by atoms with Gasteiger partial charge in [-0.1, -0.05) is 0 Å². The lowest BCUT2D eigenvalue weighted by Crippen LogP contribution is -2.53. The third-order valence-corrected chi connectivity index (χ3v) is 2.96. The molecule has 0 aromatic rings. The molecule has 7 heteroatoms. The van der Waals surface area contributed by atoms with Crippen LogP contribution in [0.4, 0.5) is 4.79 Å². The van der Waals surface area contributed by atoms with Gasteiger partial charge in [0, 0.05) is 13.1 Å². The number of esters is 1. The number of carbonyl (C=O) groups is 3. The average Bonchev–Trinajstić information content (AvgIpc) is 2.76. The van der Waals surface area contributed by atoms with E-state index in [1.807, 2.05) is 0 Å². The van der Waals surface area contributed by atoms with Crippen LogP contribution in [0.3, 0.4) is 0 Å². The van der Waals surface area contributed by atoms with Gasteiger partial charge in [0.25, 0.3) is 0 Å². The number of urea groups is 1. The molecule has 2 N–H and O–H groups in total. The molecule has 1 atom stereocenters. The predicted molar refractivity (Wildman–Crippen MR) is 61.9 cm³/mol. The lowest BCUT2D eigenvalue weighted by molar-refractivity contribution is -0.145. The van der Waals surface area contributed by atoms with Crippen molar-refractivity contribution in [3.8, 4) is 0 Å². The van der Waals surface area contributed by atoms with Crippen LogP contribution in [-0.4, -0.2) is 53.7 Å². The van der Waals surface area contributed by atoms with Gasteiger partial charge in [0.05, 0.1) is 13.0 Å². The van der Waals surface area contributed by atoms with E-state index in [9.17, 15) is 14.4 Å². The number of ether oxygens (including phenoxy) is 1. The van der Waals surface area contributed by atoms with Crippen LogP contribution in [0.1, 0.15) is 20.3 Å². The van der Waals surface area contributed by atoms with Gasteiger partial charge in [-0.3, -0.25) is 4.79 Å². The lowest BCUT2D eigenvalue weighted by Gasteiger charge is -2.25. The third-order valence-electron chi connectivity index (χ3n) is 2.96. The number of hydrogen-bond donors (Lipinski definition) is 2. The molecule has 0 saturated carbocycles. The number of carbonyl (C=O) groups excluding carboxylic acids is 2. The Morgan fingerprint density at radius 2 is 2.00 bits per heavy atom. The van der Waals surface area contributed by atoms with E-state index in [0.29, 0.717) is 13.0 Å². The molecule has 0 aromatic carbocycles. The van der Waals surface area contributed by atoms with Crippen LogP contribution < -0.4 is 5.32 Å². The fraction of sp³-hybridized carbons (Fsp3) is 0.727. The number of rotatable bonds is 3. The van der Waals surface area contributed by atoms with Crippen molar-refractivity contribution in [3.05, 3.63) is 0 Å². The molecule has 0 bridgehead atoms. The number of carboxylic acid groups (broad SMARTS) is 1. The molecule has 7 nitrogen and oxygen atoms in total. The first kappa shape index (κ1) is 14.3. The van der Waals surface area contributed by atoms with Crippen molar-refractivity contribution in [3.63, 3.8) is 0 Å². The van der Waals surface area contributed by atoms with Gasteiger partial charge >= 0.3 is 18.0 Å². The number of nitrogens with one attached hydrogen (secondary N) is 1. The van der Waals surface area contributed by atoms with Gasteiger partial charge < -0.3 is 20.1 Å². The van der Waals surface area contributed by atoms with Crippen molar-refractivity contribution in [1.82, 2.24) is 10.2 Å². The van der Waals surface area contributed by atoms with Crippen molar-refractivity contribution in [2.75, 3.05) is 20.2 Å². The Labute approximate surface area is 105 Å². The Balaban J connectivity index is 2.55. The number of nitrogens with zero attached hydrogens (tertiary/aromatic N) is 1. The minimum Gasteiger partial charge on any atom is -0.480 e. The number of amides is 2. The van der Waals surface area contributed by atoms with Crippen molar-refractivity contribution in [2.45, 2.75) is 25.8 Å². The molecule has 2 amide bonds. The molecular weight excluding hydrogens is 240 g/mol. The van der Waals surface area contributed by atoms with Crippen LogP contribution in [0, 0.1) is 5.92 Å². The molecule has 1 saturated heterocycles. The summed E-state index contributed by atoms with van der Waals surface area (Å²) < 4.78 is 4.61. The molecule has 0 radical (unpaired) electrons. The Morgan fingerprint density at radius 1 is 1.39 bits per heavy atom. The van der Waals surface area contributed by atoms with Crippen molar-refractivity contribution in [1.29, 1.82) is 0 Å². The predicted octanol–water partition coefficient (Wildman–Crippen LogP) is 0.0541. The fourth-order valence-electron chi connectivity index (χ4n) is 1.70. The molecule has 0 spiro atoms. The van der Waals surface area contributed by atoms with Gasteiger partial charge in [0.1, 0.15) is 5.54 Å². The van der Waals surface area contributed by atoms with Gasteiger partial charge in [-0.15, -0.1) is 0 Å². The molecule has 1 aliphatic rings. The number of likely N-dealkylation sites (tertiary alicyclic amines) is 1. The highest BCUT2D eigenvalue weighted by molar-refractivity contribution is 5.86. The summed E-state index contributed by atoms with van der Waals surface area (Å²) in [5, 5.41) is 11.3. The SMILES string of the molecule is COC(=O)C1CCN(C(=O)NC(C)(C)C(=O)O)C1. The second-order valence-electron chi connectivity index (χ2n) is 4.82. The van der Waals surface area contributed by atoms with Gasteiger partial charge in [-0.05, 0) is 20.3 Å². The summed E-state index contributed by atoms with van der Waals surface area (Å²) in [6.45, 7) is 3.48. The molecule has 102 valence electrons. The summed E-state index contributed by atoms with van der Waals surface area (Å²) in [6.07, 6.45) is 0.535. The molecule has 1 rings (SSSR count). The van der Waals surface area contributed by atoms with Crippen LogP contribution in [0.25, 0.3) is 0 Å². The molecule has 0 aromatic heterocycles. The zero-order valence-corrected chi connectivity index (χ0v) is 10.7. The number of methoxy groups -OCH3 is 1. The van der Waals surface area contributed by atoms with Crippen LogP contribution >= 0.6 is 0 Å². The Kier molecular flexibility index (Phi) is 4.15. The smallest absolute Gasteiger partial charge is 0.328 e. The molecular formula is C11H18N2O5. The standard InChI is InChI=1S/C11H18N2O5/c1-11(2,9(15)16)12-10(17)13-5-4-7(6-13)8(14)18-3/h7H,4-6H2,1-3H3,(H,12,17)(H,15,16). The number of carboxylic acids is 1. The van der Waals surface area contributed by atoms with E-state index in [1.165, 1.54) is 25.9 Å². The maximum Gasteiger partial charge on any atom is 0.328 e. The highest BCUT2D eigenvalue weighted by Crippen LogP contribution is 2.18. The summed E-state index contributed by atoms with van der Waals surface area (Å²) in [5.74, 6) is -1.78. The Bertz CT molecular complexity index is 366. The summed E-state index contributed by atoms with van der Waals surface area (Å²) in [7, 11) is 1.30. The van der Waals surface area contributed by atoms with E-state index in [-0.39, 0.29) is 18.4 Å². The summed E-state index contributed by atoms with van der Waals surface area (Å²) in [5.41, 5.74) is -1.33. The Morgan fingerprint density at radius 3 is 2.50 bits per heavy atom. The number of aliphatic carboxylic acids is 1. The topological polar surface area (TPSA) is 95.9 Å². The van der Waals surface area contributed by atoms with Gasteiger partial charge in [0.15, 0.2) is 0 Å². The normalized spacial score (nSPS) is 19.5. The largest absolute Gasteiger partial charge is 0.480 e. The van der Waals surface area contributed by atoms with E-state index in [0.717, 1.165) is 0 Å². The zero-order valence-electron chi connectivity index (χ0n) is 10.7. The van der Waals surface area contributed by atoms with E-state index < -0.39 is 17.5 Å². The van der Waals surface area contributed by atoms with Crippen LogP contribution in [-0.2, 0) is 14.3 Å². The minimum atomic E-state index is -1.33. The highest BCUT2D eigenvalue weighted by atomic mass is 16.5. The lowest BCUT2D eigenvalue weighted by atomic mass is 10.1. The second-order valence-corrected chi connectivity index (χ2v) is 4.82. The molecule has 1 aliphatic heterocycles. The van der Waals surface area contributed by atoms with Crippen LogP contribution in [0.2, 0.25) is 0 Å². The second kappa shape index (κ2) is 5.24. The fourth-order valence-corrected chi connectivity index (χ4v) is 1.70. The van der Waals surface area contributed by atoms with Crippen LogP contribution in [0.15, 0.2) is 0 Å². The van der Waals surface area contributed by atoms with E-state index in [2.05, 4.69) is 10.1 Å². The summed E-state index contributed by atoms with van der Waals surface area (Å²) in [4.78, 5) is 35.4. The summed E-state index contributed by atoms with van der Waals surface area (Å²) >= 11 is 0.